The molecule has 2 aromatic carbocycles. The summed E-state index contributed by atoms with van der Waals surface area (Å²) in [6.07, 6.45) is 0. The molecule has 0 saturated carbocycles. The Hall–Kier alpha value is -3.19. The van der Waals surface area contributed by atoms with Crippen LogP contribution in [0.1, 0.15) is 21.6 Å². The normalized spacial score (nSPS) is 14.8. The molecule has 1 saturated heterocycles. The van der Waals surface area contributed by atoms with Gasteiger partial charge in [0.05, 0.1) is 6.54 Å². The summed E-state index contributed by atoms with van der Waals surface area (Å²) in [6.45, 7) is 6.64. The first-order chi connectivity index (χ1) is 14.4. The lowest BCUT2D eigenvalue weighted by molar-refractivity contribution is -0.117. The molecule has 7 heteroatoms. The summed E-state index contributed by atoms with van der Waals surface area (Å²) in [4.78, 5) is 32.1. The van der Waals surface area contributed by atoms with Gasteiger partial charge in [0.1, 0.15) is 11.5 Å². The molecule has 3 aromatic rings. The highest BCUT2D eigenvalue weighted by Gasteiger charge is 2.24. The second-order valence-corrected chi connectivity index (χ2v) is 7.78. The summed E-state index contributed by atoms with van der Waals surface area (Å²) in [6, 6.07) is 12.0. The minimum Gasteiger partial charge on any atom is -0.351 e. The van der Waals surface area contributed by atoms with Crippen molar-refractivity contribution < 1.29 is 14.0 Å². The van der Waals surface area contributed by atoms with Crippen molar-refractivity contribution in [1.29, 1.82) is 0 Å². The molecule has 1 fully saturated rings. The quantitative estimate of drug-likeness (QED) is 0.696. The van der Waals surface area contributed by atoms with Crippen molar-refractivity contribution in [2.45, 2.75) is 13.8 Å². The fourth-order valence-electron chi connectivity index (χ4n) is 3.78. The number of piperazine rings is 1. The third-order valence-electron chi connectivity index (χ3n) is 5.72. The number of halogens is 1. The standard InChI is InChI=1S/C23H25FN4O2/c1-15-4-3-5-19(16(15)2)26-22(29)14-27-8-10-28(11-9-27)23(30)21-13-17-12-18(24)6-7-20(17)25-21/h3-7,12-13,25H,8-11,14H2,1-2H3,(H,26,29). The lowest BCUT2D eigenvalue weighted by Crippen LogP contribution is -2.50. The summed E-state index contributed by atoms with van der Waals surface area (Å²) in [5, 5.41) is 3.66. The molecule has 2 N–H and O–H groups in total. The molecule has 0 unspecified atom stereocenters. The van der Waals surface area contributed by atoms with Crippen LogP contribution in [0.3, 0.4) is 0 Å². The zero-order chi connectivity index (χ0) is 21.3. The Labute approximate surface area is 174 Å². The van der Waals surface area contributed by atoms with Crippen molar-refractivity contribution in [3.63, 3.8) is 0 Å². The first-order valence-electron chi connectivity index (χ1n) is 10.1. The second-order valence-electron chi connectivity index (χ2n) is 7.78. The number of H-pyrrole nitrogens is 1. The van der Waals surface area contributed by atoms with E-state index in [-0.39, 0.29) is 17.6 Å². The number of anilines is 1. The largest absolute Gasteiger partial charge is 0.351 e. The Morgan fingerprint density at radius 1 is 1.07 bits per heavy atom. The van der Waals surface area contributed by atoms with Crippen LogP contribution in [0.2, 0.25) is 0 Å². The maximum atomic E-state index is 13.4. The first-order valence-corrected chi connectivity index (χ1v) is 10.1. The van der Waals surface area contributed by atoms with Gasteiger partial charge >= 0.3 is 0 Å². The van der Waals surface area contributed by atoms with Gasteiger partial charge in [-0.05, 0) is 55.3 Å². The summed E-state index contributed by atoms with van der Waals surface area (Å²) >= 11 is 0. The molecule has 4 rings (SSSR count). The van der Waals surface area contributed by atoms with Gasteiger partial charge in [0.25, 0.3) is 5.91 Å². The maximum Gasteiger partial charge on any atom is 0.270 e. The number of nitrogens with zero attached hydrogens (tertiary/aromatic N) is 2. The number of aromatic amines is 1. The molecule has 156 valence electrons. The number of benzene rings is 2. The molecular formula is C23H25FN4O2. The molecule has 1 aromatic heterocycles. The van der Waals surface area contributed by atoms with Gasteiger partial charge in [0, 0.05) is 42.8 Å². The van der Waals surface area contributed by atoms with Crippen molar-refractivity contribution in [2.75, 3.05) is 38.0 Å². The number of aryl methyl sites for hydroxylation is 1. The van der Waals surface area contributed by atoms with Crippen LogP contribution in [0, 0.1) is 19.7 Å². The molecule has 0 bridgehead atoms. The van der Waals surface area contributed by atoms with Crippen LogP contribution in [-0.4, -0.2) is 59.3 Å². The Morgan fingerprint density at radius 3 is 2.60 bits per heavy atom. The molecule has 0 atom stereocenters. The highest BCUT2D eigenvalue weighted by molar-refractivity contribution is 5.98. The van der Waals surface area contributed by atoms with Crippen LogP contribution >= 0.6 is 0 Å². The number of rotatable bonds is 4. The van der Waals surface area contributed by atoms with Gasteiger partial charge in [-0.2, -0.15) is 0 Å². The molecule has 1 aliphatic rings. The average molecular weight is 408 g/mol. The number of aromatic nitrogens is 1. The van der Waals surface area contributed by atoms with E-state index in [9.17, 15) is 14.0 Å². The van der Waals surface area contributed by atoms with E-state index >= 15 is 0 Å². The van der Waals surface area contributed by atoms with E-state index in [0.717, 1.165) is 22.3 Å². The van der Waals surface area contributed by atoms with E-state index in [0.29, 0.717) is 43.8 Å². The number of fused-ring (bicyclic) bond motifs is 1. The van der Waals surface area contributed by atoms with Gasteiger partial charge in [0.15, 0.2) is 0 Å². The molecular weight excluding hydrogens is 383 g/mol. The number of nitrogens with one attached hydrogen (secondary N) is 2. The molecule has 1 aliphatic heterocycles. The van der Waals surface area contributed by atoms with E-state index in [1.807, 2.05) is 36.9 Å². The fourth-order valence-corrected chi connectivity index (χ4v) is 3.78. The van der Waals surface area contributed by atoms with Gasteiger partial charge < -0.3 is 15.2 Å². The topological polar surface area (TPSA) is 68.4 Å². The smallest absolute Gasteiger partial charge is 0.270 e. The highest BCUT2D eigenvalue weighted by atomic mass is 19.1. The van der Waals surface area contributed by atoms with E-state index in [1.165, 1.54) is 12.1 Å². The molecule has 2 heterocycles. The summed E-state index contributed by atoms with van der Waals surface area (Å²) in [5.41, 5.74) is 4.24. The van der Waals surface area contributed by atoms with E-state index in [2.05, 4.69) is 10.3 Å². The number of hydrogen-bond acceptors (Lipinski definition) is 3. The van der Waals surface area contributed by atoms with Crippen LogP contribution in [0.25, 0.3) is 10.9 Å². The molecule has 6 nitrogen and oxygen atoms in total. The Balaban J connectivity index is 1.32. The van der Waals surface area contributed by atoms with Crippen LogP contribution in [0.4, 0.5) is 10.1 Å². The van der Waals surface area contributed by atoms with Gasteiger partial charge in [-0.25, -0.2) is 4.39 Å². The number of hydrogen-bond donors (Lipinski definition) is 2. The Morgan fingerprint density at radius 2 is 1.83 bits per heavy atom. The average Bonchev–Trinajstić information content (AvgIpc) is 3.14. The van der Waals surface area contributed by atoms with Gasteiger partial charge in [0.2, 0.25) is 5.91 Å². The Bertz CT molecular complexity index is 1100. The van der Waals surface area contributed by atoms with Crippen molar-refractivity contribution in [3.8, 4) is 0 Å². The number of carbonyl (C=O) groups excluding carboxylic acids is 2. The van der Waals surface area contributed by atoms with Gasteiger partial charge in [-0.3, -0.25) is 14.5 Å². The van der Waals surface area contributed by atoms with Gasteiger partial charge in [-0.15, -0.1) is 0 Å². The van der Waals surface area contributed by atoms with Crippen molar-refractivity contribution in [1.82, 2.24) is 14.8 Å². The zero-order valence-corrected chi connectivity index (χ0v) is 17.2. The minimum atomic E-state index is -0.326. The van der Waals surface area contributed by atoms with Crippen LogP contribution < -0.4 is 5.32 Å². The van der Waals surface area contributed by atoms with Crippen LogP contribution in [-0.2, 0) is 4.79 Å². The lowest BCUT2D eigenvalue weighted by Gasteiger charge is -2.34. The first kappa shape index (κ1) is 20.1. The predicted octanol–water partition coefficient (Wildman–Crippen LogP) is 3.32. The third-order valence-corrected chi connectivity index (χ3v) is 5.72. The Kier molecular flexibility index (Phi) is 5.55. The van der Waals surface area contributed by atoms with Crippen molar-refractivity contribution >= 4 is 28.4 Å². The maximum absolute atomic E-state index is 13.4. The summed E-state index contributed by atoms with van der Waals surface area (Å²) < 4.78 is 13.4. The summed E-state index contributed by atoms with van der Waals surface area (Å²) in [5.74, 6) is -0.486. The van der Waals surface area contributed by atoms with Crippen molar-refractivity contribution in [2.24, 2.45) is 0 Å². The monoisotopic (exact) mass is 408 g/mol. The minimum absolute atomic E-state index is 0.0545. The molecule has 0 spiro atoms. The molecule has 30 heavy (non-hydrogen) atoms. The SMILES string of the molecule is Cc1cccc(NC(=O)CN2CCN(C(=O)c3cc4cc(F)ccc4[nH]3)CC2)c1C. The van der Waals surface area contributed by atoms with Crippen LogP contribution in [0.5, 0.6) is 0 Å². The van der Waals surface area contributed by atoms with E-state index in [4.69, 9.17) is 0 Å². The van der Waals surface area contributed by atoms with Crippen LogP contribution in [0.15, 0.2) is 42.5 Å². The summed E-state index contributed by atoms with van der Waals surface area (Å²) in [7, 11) is 0. The van der Waals surface area contributed by atoms with E-state index < -0.39 is 0 Å². The van der Waals surface area contributed by atoms with E-state index in [1.54, 1.807) is 17.0 Å². The highest BCUT2D eigenvalue weighted by Crippen LogP contribution is 2.19. The lowest BCUT2D eigenvalue weighted by atomic mass is 10.1. The molecule has 2 amide bonds. The fraction of sp³-hybridized carbons (Fsp3) is 0.304. The number of amides is 2. The predicted molar refractivity (Wildman–Crippen MR) is 115 cm³/mol. The van der Waals surface area contributed by atoms with Gasteiger partial charge in [-0.1, -0.05) is 12.1 Å². The second kappa shape index (κ2) is 8.28. The molecule has 0 radical (unpaired) electrons. The number of carbonyl (C=O) groups is 2. The zero-order valence-electron chi connectivity index (χ0n) is 17.2. The van der Waals surface area contributed by atoms with Crippen molar-refractivity contribution in [3.05, 3.63) is 65.1 Å². The molecule has 0 aliphatic carbocycles. The third kappa shape index (κ3) is 4.21.